The van der Waals surface area contributed by atoms with Crippen LogP contribution in [0.3, 0.4) is 0 Å². The summed E-state index contributed by atoms with van der Waals surface area (Å²) in [5.74, 6) is 1.06. The van der Waals surface area contributed by atoms with Crippen molar-refractivity contribution in [2.75, 3.05) is 11.4 Å². The Morgan fingerprint density at radius 1 is 1.41 bits per heavy atom. The minimum atomic E-state index is -0.0633. The number of fused-ring (bicyclic) bond motifs is 2. The molecule has 1 aromatic heterocycles. The first-order valence-electron chi connectivity index (χ1n) is 7.45. The van der Waals surface area contributed by atoms with Gasteiger partial charge in [0, 0.05) is 18.4 Å². The number of carbonyl (C=O) groups excluding carboxylic acids is 1. The lowest BCUT2D eigenvalue weighted by Crippen LogP contribution is -2.50. The predicted molar refractivity (Wildman–Crippen MR) is 84.9 cm³/mol. The summed E-state index contributed by atoms with van der Waals surface area (Å²) in [7, 11) is 0. The molecule has 0 radical (unpaired) electrons. The molecule has 22 heavy (non-hydrogen) atoms. The molecule has 0 spiro atoms. The molecule has 2 atom stereocenters. The Morgan fingerprint density at radius 3 is 2.91 bits per heavy atom. The Labute approximate surface area is 133 Å². The third kappa shape index (κ3) is 2.12. The smallest absolute Gasteiger partial charge is 0.244 e. The van der Waals surface area contributed by atoms with E-state index in [1.165, 1.54) is 0 Å². The number of nitrogens with one attached hydrogen (secondary N) is 1. The van der Waals surface area contributed by atoms with Crippen molar-refractivity contribution in [2.45, 2.75) is 32.0 Å². The van der Waals surface area contributed by atoms with Gasteiger partial charge in [0.2, 0.25) is 5.91 Å². The second-order valence-corrected chi connectivity index (χ2v) is 6.41. The molecule has 1 N–H and O–H groups in total. The first kappa shape index (κ1) is 13.8. The zero-order valence-electron chi connectivity index (χ0n) is 12.3. The lowest BCUT2D eigenvalue weighted by atomic mass is 10.2. The average molecular weight is 317 g/mol. The number of aromatic nitrogens is 2. The van der Waals surface area contributed by atoms with Crippen molar-refractivity contribution in [2.24, 2.45) is 0 Å². The maximum atomic E-state index is 12.7. The Kier molecular flexibility index (Phi) is 3.20. The molecule has 2 aliphatic rings. The highest BCUT2D eigenvalue weighted by molar-refractivity contribution is 6.34. The Hall–Kier alpha value is -1.85. The quantitative estimate of drug-likeness (QED) is 0.946. The monoisotopic (exact) mass is 316 g/mol. The molecular weight excluding hydrogens is 300 g/mol. The standard InChI is InChI=1S/C16H17ClN4O/c1-10-7-18-15(19-10)9-20-8-11-6-14(20)16(22)21(11)13-5-3-2-4-12(13)17/h2-5,7,11,14H,6,8-9H2,1H3,(H,18,19)/t11-,14-/m0/s1. The van der Waals surface area contributed by atoms with E-state index < -0.39 is 0 Å². The van der Waals surface area contributed by atoms with E-state index in [0.717, 1.165) is 30.2 Å². The molecule has 4 rings (SSSR count). The fourth-order valence-corrected chi connectivity index (χ4v) is 3.77. The SMILES string of the molecule is Cc1cnc(CN2C[C@@H]3C[C@H]2C(=O)N3c2ccccc2Cl)[nH]1. The van der Waals surface area contributed by atoms with Gasteiger partial charge in [-0.25, -0.2) is 4.98 Å². The number of carbonyl (C=O) groups is 1. The van der Waals surface area contributed by atoms with Crippen molar-refractivity contribution in [3.63, 3.8) is 0 Å². The maximum Gasteiger partial charge on any atom is 0.244 e. The van der Waals surface area contributed by atoms with Crippen LogP contribution in [0.5, 0.6) is 0 Å². The second kappa shape index (κ2) is 5.11. The van der Waals surface area contributed by atoms with E-state index >= 15 is 0 Å². The summed E-state index contributed by atoms with van der Waals surface area (Å²) in [6, 6.07) is 7.70. The number of amides is 1. The highest BCUT2D eigenvalue weighted by atomic mass is 35.5. The summed E-state index contributed by atoms with van der Waals surface area (Å²) < 4.78 is 0. The fraction of sp³-hybridized carbons (Fsp3) is 0.375. The van der Waals surface area contributed by atoms with Crippen LogP contribution < -0.4 is 4.90 Å². The Balaban J connectivity index is 1.54. The summed E-state index contributed by atoms with van der Waals surface area (Å²) in [5, 5.41) is 0.636. The zero-order valence-corrected chi connectivity index (χ0v) is 13.0. The molecule has 0 saturated carbocycles. The molecule has 114 valence electrons. The lowest BCUT2D eigenvalue weighted by molar-refractivity contribution is -0.122. The number of imidazole rings is 1. The van der Waals surface area contributed by atoms with Crippen LogP contribution in [0.2, 0.25) is 5.02 Å². The second-order valence-electron chi connectivity index (χ2n) is 6.01. The van der Waals surface area contributed by atoms with E-state index in [1.54, 1.807) is 0 Å². The Morgan fingerprint density at radius 2 is 2.23 bits per heavy atom. The number of para-hydroxylation sites is 1. The number of anilines is 1. The normalized spacial score (nSPS) is 24.5. The number of hydrogen-bond acceptors (Lipinski definition) is 3. The van der Waals surface area contributed by atoms with Gasteiger partial charge in [-0.15, -0.1) is 0 Å². The number of rotatable bonds is 3. The number of aromatic amines is 1. The summed E-state index contributed by atoms with van der Waals surface area (Å²) in [6.07, 6.45) is 2.69. The lowest BCUT2D eigenvalue weighted by Gasteiger charge is -2.33. The van der Waals surface area contributed by atoms with Gasteiger partial charge < -0.3 is 9.88 Å². The fourth-order valence-electron chi connectivity index (χ4n) is 3.54. The van der Waals surface area contributed by atoms with E-state index in [2.05, 4.69) is 14.9 Å². The number of benzene rings is 1. The summed E-state index contributed by atoms with van der Waals surface area (Å²) in [6.45, 7) is 3.54. The predicted octanol–water partition coefficient (Wildman–Crippen LogP) is 2.36. The van der Waals surface area contributed by atoms with Crippen LogP contribution in [0.25, 0.3) is 0 Å². The topological polar surface area (TPSA) is 52.2 Å². The number of hydrogen-bond donors (Lipinski definition) is 1. The van der Waals surface area contributed by atoms with Crippen LogP contribution in [0.1, 0.15) is 17.9 Å². The van der Waals surface area contributed by atoms with Crippen molar-refractivity contribution in [1.82, 2.24) is 14.9 Å². The molecule has 0 unspecified atom stereocenters. The molecule has 2 aromatic rings. The van der Waals surface area contributed by atoms with Gasteiger partial charge >= 0.3 is 0 Å². The van der Waals surface area contributed by atoms with Gasteiger partial charge in [0.25, 0.3) is 0 Å². The van der Waals surface area contributed by atoms with Crippen LogP contribution in [0, 0.1) is 6.92 Å². The van der Waals surface area contributed by atoms with Crippen LogP contribution in [-0.2, 0) is 11.3 Å². The molecule has 2 saturated heterocycles. The molecule has 6 heteroatoms. The molecule has 0 aliphatic carbocycles. The van der Waals surface area contributed by atoms with Crippen LogP contribution in [0.15, 0.2) is 30.5 Å². The number of halogens is 1. The zero-order chi connectivity index (χ0) is 15.3. The average Bonchev–Trinajstić information content (AvgIpc) is 3.15. The van der Waals surface area contributed by atoms with Crippen molar-refractivity contribution >= 4 is 23.2 Å². The molecule has 3 heterocycles. The molecular formula is C16H17ClN4O. The van der Waals surface area contributed by atoms with E-state index in [4.69, 9.17) is 11.6 Å². The number of piperazine rings is 1. The number of H-pyrrole nitrogens is 1. The molecule has 1 aromatic carbocycles. The highest BCUT2D eigenvalue weighted by Crippen LogP contribution is 2.38. The van der Waals surface area contributed by atoms with Crippen molar-refractivity contribution < 1.29 is 4.79 Å². The van der Waals surface area contributed by atoms with Gasteiger partial charge in [-0.2, -0.15) is 0 Å². The van der Waals surface area contributed by atoms with Crippen LogP contribution >= 0.6 is 11.6 Å². The first-order chi connectivity index (χ1) is 10.6. The number of aryl methyl sites for hydroxylation is 1. The largest absolute Gasteiger partial charge is 0.345 e. The minimum Gasteiger partial charge on any atom is -0.345 e. The third-order valence-corrected chi connectivity index (χ3v) is 4.81. The molecule has 2 aliphatic heterocycles. The van der Waals surface area contributed by atoms with Gasteiger partial charge in [0.05, 0.1) is 29.3 Å². The molecule has 2 fully saturated rings. The van der Waals surface area contributed by atoms with E-state index in [1.807, 2.05) is 42.3 Å². The highest BCUT2D eigenvalue weighted by Gasteiger charge is 2.50. The first-order valence-corrected chi connectivity index (χ1v) is 7.83. The van der Waals surface area contributed by atoms with E-state index in [0.29, 0.717) is 11.6 Å². The van der Waals surface area contributed by atoms with Crippen LogP contribution in [0.4, 0.5) is 5.69 Å². The summed E-state index contributed by atoms with van der Waals surface area (Å²) in [4.78, 5) is 24.4. The number of likely N-dealkylation sites (tertiary alicyclic amines) is 1. The van der Waals surface area contributed by atoms with Gasteiger partial charge in [-0.1, -0.05) is 23.7 Å². The van der Waals surface area contributed by atoms with Crippen molar-refractivity contribution in [1.29, 1.82) is 0 Å². The van der Waals surface area contributed by atoms with Gasteiger partial charge in [-0.3, -0.25) is 9.69 Å². The molecule has 5 nitrogen and oxygen atoms in total. The molecule has 2 bridgehead atoms. The van der Waals surface area contributed by atoms with Crippen LogP contribution in [-0.4, -0.2) is 39.4 Å². The summed E-state index contributed by atoms with van der Waals surface area (Å²) in [5.41, 5.74) is 1.87. The minimum absolute atomic E-state index is 0.0633. The number of nitrogens with zero attached hydrogens (tertiary/aromatic N) is 3. The third-order valence-electron chi connectivity index (χ3n) is 4.49. The van der Waals surface area contributed by atoms with Gasteiger partial charge in [0.15, 0.2) is 0 Å². The van der Waals surface area contributed by atoms with E-state index in [-0.39, 0.29) is 18.0 Å². The van der Waals surface area contributed by atoms with Gasteiger partial charge in [0.1, 0.15) is 5.82 Å². The van der Waals surface area contributed by atoms with E-state index in [9.17, 15) is 4.79 Å². The Bertz CT molecular complexity index is 728. The van der Waals surface area contributed by atoms with Crippen molar-refractivity contribution in [3.05, 3.63) is 47.0 Å². The molecule has 1 amide bonds. The van der Waals surface area contributed by atoms with Crippen molar-refractivity contribution in [3.8, 4) is 0 Å². The maximum absolute atomic E-state index is 12.7. The van der Waals surface area contributed by atoms with Gasteiger partial charge in [-0.05, 0) is 25.5 Å². The summed E-state index contributed by atoms with van der Waals surface area (Å²) >= 11 is 6.25.